The summed E-state index contributed by atoms with van der Waals surface area (Å²) in [6, 6.07) is 14.7. The summed E-state index contributed by atoms with van der Waals surface area (Å²) >= 11 is 0. The number of carbonyl (C=O) groups excluding carboxylic acids is 1. The fourth-order valence-corrected chi connectivity index (χ4v) is 6.53. The fraction of sp³-hybridized carbons (Fsp3) is 0.514. The second-order valence-corrected chi connectivity index (χ2v) is 17.4. The van der Waals surface area contributed by atoms with E-state index in [0.29, 0.717) is 13.2 Å². The fourth-order valence-electron chi connectivity index (χ4n) is 4.62. The molecule has 0 saturated carbocycles. The monoisotopic (exact) mass is 608 g/mol. The van der Waals surface area contributed by atoms with Crippen molar-refractivity contribution in [3.8, 4) is 5.75 Å². The van der Waals surface area contributed by atoms with Gasteiger partial charge in [-0.15, -0.1) is 0 Å². The Hall–Kier alpha value is -2.46. The molecule has 0 aliphatic carbocycles. The SMILES string of the molecule is CCOC(=O)/C=C/C=C(/C)c1cccc(COc2ccc(C(O[Si](C)C)C(C)(C)C)c(C(O[Si](C)C)C(C)(C)C)c2)c1. The molecule has 2 rings (SSSR count). The molecule has 0 aliphatic heterocycles. The van der Waals surface area contributed by atoms with Gasteiger partial charge in [-0.3, -0.25) is 0 Å². The molecule has 0 bridgehead atoms. The lowest BCUT2D eigenvalue weighted by Crippen LogP contribution is -2.31. The molecule has 5 nitrogen and oxygen atoms in total. The van der Waals surface area contributed by atoms with E-state index >= 15 is 0 Å². The van der Waals surface area contributed by atoms with E-state index in [1.807, 2.05) is 19.1 Å². The highest BCUT2D eigenvalue weighted by molar-refractivity contribution is 6.48. The number of hydrogen-bond donors (Lipinski definition) is 0. The van der Waals surface area contributed by atoms with Crippen LogP contribution in [0, 0.1) is 10.8 Å². The Morgan fingerprint density at radius 3 is 2.00 bits per heavy atom. The number of carbonyl (C=O) groups is 1. The highest BCUT2D eigenvalue weighted by atomic mass is 28.3. The van der Waals surface area contributed by atoms with Crippen LogP contribution in [-0.2, 0) is 25.0 Å². The average molecular weight is 609 g/mol. The van der Waals surface area contributed by atoms with Crippen molar-refractivity contribution >= 4 is 29.6 Å². The van der Waals surface area contributed by atoms with Crippen LogP contribution in [0.1, 0.15) is 89.9 Å². The first kappa shape index (κ1) is 35.7. The smallest absolute Gasteiger partial charge is 0.330 e. The molecule has 0 spiro atoms. The average Bonchev–Trinajstić information content (AvgIpc) is 2.88. The lowest BCUT2D eigenvalue weighted by Gasteiger charge is -2.39. The van der Waals surface area contributed by atoms with Gasteiger partial charge >= 0.3 is 5.97 Å². The van der Waals surface area contributed by atoms with Gasteiger partial charge in [-0.2, -0.15) is 0 Å². The lowest BCUT2D eigenvalue weighted by molar-refractivity contribution is -0.137. The molecule has 0 saturated heterocycles. The van der Waals surface area contributed by atoms with Gasteiger partial charge in [0.2, 0.25) is 18.1 Å². The van der Waals surface area contributed by atoms with E-state index in [9.17, 15) is 4.79 Å². The van der Waals surface area contributed by atoms with Crippen LogP contribution in [0.2, 0.25) is 26.2 Å². The molecule has 0 N–H and O–H groups in total. The topological polar surface area (TPSA) is 54.0 Å². The summed E-state index contributed by atoms with van der Waals surface area (Å²) in [6.07, 6.45) is 4.94. The van der Waals surface area contributed by atoms with Crippen molar-refractivity contribution in [1.82, 2.24) is 0 Å². The van der Waals surface area contributed by atoms with Crippen molar-refractivity contribution in [1.29, 1.82) is 0 Å². The van der Waals surface area contributed by atoms with Crippen molar-refractivity contribution in [2.24, 2.45) is 10.8 Å². The molecule has 2 radical (unpaired) electrons. The van der Waals surface area contributed by atoms with E-state index in [4.69, 9.17) is 18.3 Å². The first-order valence-electron chi connectivity index (χ1n) is 14.8. The van der Waals surface area contributed by atoms with Crippen LogP contribution in [0.4, 0.5) is 0 Å². The summed E-state index contributed by atoms with van der Waals surface area (Å²) in [7, 11) is -1.91. The highest BCUT2D eigenvalue weighted by Gasteiger charge is 2.36. The molecule has 2 atom stereocenters. The molecule has 2 unspecified atom stereocenters. The minimum Gasteiger partial charge on any atom is -0.489 e. The van der Waals surface area contributed by atoms with Crippen LogP contribution in [-0.4, -0.2) is 30.7 Å². The summed E-state index contributed by atoms with van der Waals surface area (Å²) in [5.74, 6) is 0.475. The van der Waals surface area contributed by atoms with E-state index in [2.05, 4.69) is 104 Å². The van der Waals surface area contributed by atoms with Crippen LogP contribution < -0.4 is 4.74 Å². The number of ether oxygens (including phenoxy) is 2. The van der Waals surface area contributed by atoms with Gasteiger partial charge in [0, 0.05) is 6.08 Å². The Balaban J connectivity index is 2.43. The molecule has 0 heterocycles. The van der Waals surface area contributed by atoms with Gasteiger partial charge in [-0.25, -0.2) is 4.79 Å². The van der Waals surface area contributed by atoms with E-state index in [1.165, 1.54) is 11.6 Å². The number of hydrogen-bond acceptors (Lipinski definition) is 5. The van der Waals surface area contributed by atoms with E-state index in [1.54, 1.807) is 13.0 Å². The molecular weight excluding hydrogens is 557 g/mol. The standard InChI is InChI=1S/C35H52O5Si2/c1-13-37-31(36)19-14-16-25(2)27-18-15-17-26(22-27)24-38-28-20-21-29(32(34(3,4)5)39-41(9)10)30(23-28)33(35(6,7)8)40-42(11)12/h14-23,32-33H,13,24H2,1-12H3/b19-14+,25-16-. The lowest BCUT2D eigenvalue weighted by atomic mass is 9.77. The van der Waals surface area contributed by atoms with Gasteiger partial charge in [0.25, 0.3) is 0 Å². The predicted octanol–water partition coefficient (Wildman–Crippen LogP) is 9.50. The van der Waals surface area contributed by atoms with Gasteiger partial charge in [0.05, 0.1) is 18.8 Å². The van der Waals surface area contributed by atoms with Gasteiger partial charge in [-0.05, 0) is 96.9 Å². The number of esters is 1. The minimum atomic E-state index is -0.968. The normalized spacial score (nSPS) is 14.5. The van der Waals surface area contributed by atoms with Gasteiger partial charge in [0.15, 0.2) is 0 Å². The summed E-state index contributed by atoms with van der Waals surface area (Å²) in [5, 5.41) is 0. The highest BCUT2D eigenvalue weighted by Crippen LogP contribution is 2.46. The predicted molar refractivity (Wildman–Crippen MR) is 178 cm³/mol. The Morgan fingerprint density at radius 2 is 1.45 bits per heavy atom. The Bertz CT molecular complexity index is 1220. The van der Waals surface area contributed by atoms with Crippen molar-refractivity contribution in [2.45, 2.75) is 100 Å². The third kappa shape index (κ3) is 11.3. The van der Waals surface area contributed by atoms with Crippen molar-refractivity contribution in [3.63, 3.8) is 0 Å². The number of allylic oxidation sites excluding steroid dienone is 3. The van der Waals surface area contributed by atoms with Crippen LogP contribution in [0.25, 0.3) is 5.57 Å². The van der Waals surface area contributed by atoms with Crippen LogP contribution >= 0.6 is 0 Å². The second-order valence-electron chi connectivity index (χ2n) is 13.3. The van der Waals surface area contributed by atoms with Gasteiger partial charge in [0.1, 0.15) is 12.4 Å². The Morgan fingerprint density at radius 1 is 0.857 bits per heavy atom. The summed E-state index contributed by atoms with van der Waals surface area (Å²) < 4.78 is 24.7. The molecular formula is C35H52O5Si2. The number of rotatable bonds is 13. The second kappa shape index (κ2) is 15.9. The molecule has 2 aromatic rings. The van der Waals surface area contributed by atoms with Gasteiger partial charge in [-0.1, -0.05) is 78.0 Å². The Kier molecular flexibility index (Phi) is 13.5. The maximum absolute atomic E-state index is 11.6. The van der Waals surface area contributed by atoms with Crippen molar-refractivity contribution < 1.29 is 23.1 Å². The van der Waals surface area contributed by atoms with Crippen LogP contribution in [0.3, 0.4) is 0 Å². The Labute approximate surface area is 258 Å². The third-order valence-electron chi connectivity index (χ3n) is 6.56. The number of benzene rings is 2. The molecule has 0 aliphatic rings. The first-order valence-corrected chi connectivity index (χ1v) is 19.7. The summed E-state index contributed by atoms with van der Waals surface area (Å²) in [4.78, 5) is 11.6. The van der Waals surface area contributed by atoms with E-state index < -0.39 is 18.1 Å². The molecule has 230 valence electrons. The largest absolute Gasteiger partial charge is 0.489 e. The van der Waals surface area contributed by atoms with Crippen molar-refractivity contribution in [3.05, 3.63) is 82.9 Å². The molecule has 0 amide bonds. The zero-order valence-corrected chi connectivity index (χ0v) is 29.9. The van der Waals surface area contributed by atoms with E-state index in [-0.39, 0.29) is 29.0 Å². The van der Waals surface area contributed by atoms with E-state index in [0.717, 1.165) is 28.0 Å². The van der Waals surface area contributed by atoms with Gasteiger partial charge < -0.3 is 18.3 Å². The molecule has 2 aromatic carbocycles. The zero-order chi connectivity index (χ0) is 31.7. The minimum absolute atomic E-state index is 0.0485. The zero-order valence-electron chi connectivity index (χ0n) is 27.9. The molecule has 42 heavy (non-hydrogen) atoms. The molecule has 7 heteroatoms. The first-order chi connectivity index (χ1) is 19.5. The van der Waals surface area contributed by atoms with Crippen LogP contribution in [0.15, 0.2) is 60.7 Å². The summed E-state index contributed by atoms with van der Waals surface area (Å²) in [6.45, 7) is 26.8. The summed E-state index contributed by atoms with van der Waals surface area (Å²) in [5.41, 5.74) is 5.33. The molecule has 0 fully saturated rings. The van der Waals surface area contributed by atoms with Crippen molar-refractivity contribution in [2.75, 3.05) is 6.61 Å². The van der Waals surface area contributed by atoms with Crippen LogP contribution in [0.5, 0.6) is 5.75 Å². The molecule has 0 aromatic heterocycles. The quantitative estimate of drug-likeness (QED) is 0.0981. The maximum Gasteiger partial charge on any atom is 0.330 e. The maximum atomic E-state index is 11.6. The third-order valence-corrected chi connectivity index (χ3v) is 7.97.